The lowest BCUT2D eigenvalue weighted by molar-refractivity contribution is -0.144. The van der Waals surface area contributed by atoms with Crippen LogP contribution in [-0.2, 0) is 29.6 Å². The fraction of sp³-hybridized carbons (Fsp3) is 0.235. The number of benzene rings is 1. The van der Waals surface area contributed by atoms with Crippen molar-refractivity contribution in [3.63, 3.8) is 0 Å². The van der Waals surface area contributed by atoms with Gasteiger partial charge in [-0.25, -0.2) is 4.68 Å². The number of carbonyl (C=O) groups is 1. The van der Waals surface area contributed by atoms with Crippen LogP contribution < -0.4 is 0 Å². The maximum atomic E-state index is 12.0. The molecule has 2 aromatic heterocycles. The second-order valence-corrected chi connectivity index (χ2v) is 5.79. The van der Waals surface area contributed by atoms with Crippen molar-refractivity contribution in [2.24, 2.45) is 7.05 Å². The van der Waals surface area contributed by atoms with Gasteiger partial charge >= 0.3 is 5.97 Å². The van der Waals surface area contributed by atoms with Gasteiger partial charge in [0.05, 0.1) is 17.8 Å². The van der Waals surface area contributed by atoms with E-state index in [9.17, 15) is 4.79 Å². The highest BCUT2D eigenvalue weighted by molar-refractivity contribution is 6.30. The minimum atomic E-state index is -0.329. The molecule has 0 aliphatic heterocycles. The molecule has 0 aliphatic carbocycles. The molecule has 3 rings (SSSR count). The lowest BCUT2D eigenvalue weighted by Gasteiger charge is -2.06. The van der Waals surface area contributed by atoms with E-state index >= 15 is 0 Å². The zero-order valence-corrected chi connectivity index (χ0v) is 14.2. The number of ether oxygens (including phenoxy) is 1. The lowest BCUT2D eigenvalue weighted by Crippen LogP contribution is -2.09. The van der Waals surface area contributed by atoms with Crippen molar-refractivity contribution in [3.8, 4) is 5.69 Å². The molecule has 0 amide bonds. The van der Waals surface area contributed by atoms with Crippen molar-refractivity contribution in [2.45, 2.75) is 20.0 Å². The van der Waals surface area contributed by atoms with Gasteiger partial charge in [0.1, 0.15) is 11.8 Å². The molecule has 0 bridgehead atoms. The average molecular weight is 345 g/mol. The molecule has 0 N–H and O–H groups in total. The third-order valence-corrected chi connectivity index (χ3v) is 4.17. The minimum absolute atomic E-state index is 0.115. The van der Waals surface area contributed by atoms with E-state index in [0.29, 0.717) is 10.7 Å². The van der Waals surface area contributed by atoms with Crippen molar-refractivity contribution in [3.05, 3.63) is 64.7 Å². The Bertz CT molecular complexity index is 838. The molecule has 0 radical (unpaired) electrons. The topological polar surface area (TPSA) is 61.9 Å². The maximum absolute atomic E-state index is 12.0. The molecule has 1 aromatic carbocycles. The monoisotopic (exact) mass is 344 g/mol. The first kappa shape index (κ1) is 16.3. The quantitative estimate of drug-likeness (QED) is 0.668. The molecule has 24 heavy (non-hydrogen) atoms. The summed E-state index contributed by atoms with van der Waals surface area (Å²) in [5.41, 5.74) is 3.31. The summed E-state index contributed by atoms with van der Waals surface area (Å²) in [7, 11) is 1.74. The minimum Gasteiger partial charge on any atom is -0.461 e. The van der Waals surface area contributed by atoms with E-state index in [4.69, 9.17) is 16.3 Å². The number of aryl methyl sites for hydroxylation is 2. The Morgan fingerprint density at radius 1 is 1.29 bits per heavy atom. The molecule has 0 spiro atoms. The third kappa shape index (κ3) is 3.49. The zero-order valence-electron chi connectivity index (χ0n) is 13.4. The third-order valence-electron chi connectivity index (χ3n) is 3.70. The van der Waals surface area contributed by atoms with Gasteiger partial charge in [-0.05, 0) is 30.7 Å². The van der Waals surface area contributed by atoms with Gasteiger partial charge in [0, 0.05) is 25.0 Å². The number of hydrogen-bond acceptors (Lipinski definition) is 4. The molecule has 0 atom stereocenters. The summed E-state index contributed by atoms with van der Waals surface area (Å²) in [6, 6.07) is 9.54. The van der Waals surface area contributed by atoms with E-state index in [0.717, 1.165) is 16.9 Å². The highest BCUT2D eigenvalue weighted by Gasteiger charge is 2.15. The molecular weight excluding hydrogens is 328 g/mol. The molecule has 3 aromatic rings. The van der Waals surface area contributed by atoms with Gasteiger partial charge in [-0.1, -0.05) is 23.7 Å². The molecule has 0 saturated carbocycles. The molecule has 0 unspecified atom stereocenters. The number of aromatic nitrogens is 4. The van der Waals surface area contributed by atoms with Gasteiger partial charge in [0.2, 0.25) is 0 Å². The number of nitrogens with zero attached hydrogens (tertiary/aromatic N) is 4. The highest BCUT2D eigenvalue weighted by Crippen LogP contribution is 2.19. The van der Waals surface area contributed by atoms with Crippen LogP contribution in [0.15, 0.2) is 42.7 Å². The zero-order chi connectivity index (χ0) is 17.1. The predicted octanol–water partition coefficient (Wildman–Crippen LogP) is 2.85. The molecule has 0 fully saturated rings. The van der Waals surface area contributed by atoms with Gasteiger partial charge in [-0.3, -0.25) is 9.48 Å². The van der Waals surface area contributed by atoms with Crippen molar-refractivity contribution in [1.82, 2.24) is 19.6 Å². The van der Waals surface area contributed by atoms with Gasteiger partial charge in [0.25, 0.3) is 0 Å². The molecule has 0 aliphatic rings. The Balaban J connectivity index is 1.58. The smallest absolute Gasteiger partial charge is 0.310 e. The molecule has 0 saturated heterocycles. The van der Waals surface area contributed by atoms with Gasteiger partial charge in [-0.2, -0.15) is 10.2 Å². The Hall–Kier alpha value is -2.60. The first-order valence-electron chi connectivity index (χ1n) is 7.47. The summed E-state index contributed by atoms with van der Waals surface area (Å²) in [5, 5.41) is 8.82. The molecule has 2 heterocycles. The van der Waals surface area contributed by atoms with Crippen LogP contribution in [0.2, 0.25) is 5.15 Å². The highest BCUT2D eigenvalue weighted by atomic mass is 35.5. The Labute approximate surface area is 144 Å². The Kier molecular flexibility index (Phi) is 4.66. The Morgan fingerprint density at radius 2 is 2.04 bits per heavy atom. The van der Waals surface area contributed by atoms with E-state index < -0.39 is 0 Å². The number of halogens is 1. The van der Waals surface area contributed by atoms with Gasteiger partial charge in [0.15, 0.2) is 0 Å². The maximum Gasteiger partial charge on any atom is 0.310 e. The van der Waals surface area contributed by atoms with Crippen molar-refractivity contribution < 1.29 is 9.53 Å². The number of esters is 1. The van der Waals surface area contributed by atoms with Crippen LogP contribution in [-0.4, -0.2) is 25.5 Å². The molecular formula is C17H17ClN4O2. The predicted molar refractivity (Wildman–Crippen MR) is 90.0 cm³/mol. The van der Waals surface area contributed by atoms with Crippen LogP contribution in [0.1, 0.15) is 16.8 Å². The van der Waals surface area contributed by atoms with Gasteiger partial charge < -0.3 is 4.74 Å². The summed E-state index contributed by atoms with van der Waals surface area (Å²) in [6.45, 7) is 2.04. The molecule has 124 valence electrons. The first-order chi connectivity index (χ1) is 11.5. The van der Waals surface area contributed by atoms with Crippen LogP contribution in [0.3, 0.4) is 0 Å². The van der Waals surface area contributed by atoms with E-state index in [1.807, 2.05) is 43.5 Å². The summed E-state index contributed by atoms with van der Waals surface area (Å²) >= 11 is 6.13. The standard InChI is InChI=1S/C17H17ClN4O2/c1-12-15(17(18)21(2)20-12)10-16(23)24-11-13-4-6-14(7-5-13)22-9-3-8-19-22/h3-9H,10-11H2,1-2H3. The number of rotatable bonds is 5. The van der Waals surface area contributed by atoms with E-state index in [1.165, 1.54) is 0 Å². The van der Waals surface area contributed by atoms with Crippen LogP contribution in [0, 0.1) is 6.92 Å². The van der Waals surface area contributed by atoms with Crippen LogP contribution >= 0.6 is 11.6 Å². The van der Waals surface area contributed by atoms with Crippen molar-refractivity contribution in [1.29, 1.82) is 0 Å². The van der Waals surface area contributed by atoms with Crippen molar-refractivity contribution >= 4 is 17.6 Å². The average Bonchev–Trinajstić information content (AvgIpc) is 3.18. The summed E-state index contributed by atoms with van der Waals surface area (Å²) in [5.74, 6) is -0.329. The Morgan fingerprint density at radius 3 is 2.62 bits per heavy atom. The lowest BCUT2D eigenvalue weighted by atomic mass is 10.2. The van der Waals surface area contributed by atoms with Crippen LogP contribution in [0.5, 0.6) is 0 Å². The second kappa shape index (κ2) is 6.88. The normalized spacial score (nSPS) is 10.8. The van der Waals surface area contributed by atoms with E-state index in [1.54, 1.807) is 22.6 Å². The van der Waals surface area contributed by atoms with Crippen molar-refractivity contribution in [2.75, 3.05) is 0 Å². The number of carbonyl (C=O) groups excluding carboxylic acids is 1. The summed E-state index contributed by atoms with van der Waals surface area (Å²) in [4.78, 5) is 12.0. The number of hydrogen-bond donors (Lipinski definition) is 0. The largest absolute Gasteiger partial charge is 0.461 e. The fourth-order valence-corrected chi connectivity index (χ4v) is 2.64. The van der Waals surface area contributed by atoms with Crippen LogP contribution in [0.4, 0.5) is 0 Å². The fourth-order valence-electron chi connectivity index (χ4n) is 2.40. The first-order valence-corrected chi connectivity index (χ1v) is 7.85. The molecule has 6 nitrogen and oxygen atoms in total. The van der Waals surface area contributed by atoms with E-state index in [-0.39, 0.29) is 19.0 Å². The molecule has 7 heteroatoms. The van der Waals surface area contributed by atoms with Gasteiger partial charge in [-0.15, -0.1) is 0 Å². The summed E-state index contributed by atoms with van der Waals surface area (Å²) in [6.07, 6.45) is 3.71. The SMILES string of the molecule is Cc1nn(C)c(Cl)c1CC(=O)OCc1ccc(-n2cccn2)cc1. The van der Waals surface area contributed by atoms with Crippen LogP contribution in [0.25, 0.3) is 5.69 Å². The van der Waals surface area contributed by atoms with E-state index in [2.05, 4.69) is 10.2 Å². The summed E-state index contributed by atoms with van der Waals surface area (Å²) < 4.78 is 8.64. The second-order valence-electron chi connectivity index (χ2n) is 5.43.